The van der Waals surface area contributed by atoms with E-state index in [-0.39, 0.29) is 12.2 Å². The highest BCUT2D eigenvalue weighted by atomic mass is 16.7. The summed E-state index contributed by atoms with van der Waals surface area (Å²) in [5, 5.41) is 4.15. The van der Waals surface area contributed by atoms with Crippen LogP contribution in [0.2, 0.25) is 0 Å². The van der Waals surface area contributed by atoms with Gasteiger partial charge in [0, 0.05) is 47.8 Å². The zero-order valence-corrected chi connectivity index (χ0v) is 33.7. The van der Waals surface area contributed by atoms with Crippen LogP contribution in [0, 0.1) is 0 Å². The summed E-state index contributed by atoms with van der Waals surface area (Å²) in [6.07, 6.45) is 0.332. The number of hydroxylamine groups is 4. The monoisotopic (exact) mass is 746 g/mol. The van der Waals surface area contributed by atoms with Crippen LogP contribution in [0.3, 0.4) is 0 Å². The van der Waals surface area contributed by atoms with E-state index in [1.54, 1.807) is 0 Å². The Bertz CT molecular complexity index is 1610. The minimum atomic E-state index is -0.574. The van der Waals surface area contributed by atoms with Crippen molar-refractivity contribution in [3.05, 3.63) is 144 Å². The quantitative estimate of drug-likeness (QED) is 0.105. The lowest BCUT2D eigenvalue weighted by atomic mass is 9.80. The summed E-state index contributed by atoms with van der Waals surface area (Å²) in [5.41, 5.74) is 2.29. The van der Waals surface area contributed by atoms with Gasteiger partial charge in [0.05, 0.1) is 0 Å². The number of hydrogen-bond acceptors (Lipinski definition) is 8. The van der Waals surface area contributed by atoms with E-state index in [0.29, 0.717) is 25.7 Å². The van der Waals surface area contributed by atoms with Crippen molar-refractivity contribution in [3.8, 4) is 0 Å². The summed E-state index contributed by atoms with van der Waals surface area (Å²) < 4.78 is 12.0. The molecule has 0 saturated carbocycles. The van der Waals surface area contributed by atoms with Gasteiger partial charge >= 0.3 is 11.9 Å². The summed E-state index contributed by atoms with van der Waals surface area (Å²) in [6, 6.07) is 40.8. The highest BCUT2D eigenvalue weighted by Crippen LogP contribution is 2.45. The van der Waals surface area contributed by atoms with Crippen molar-refractivity contribution < 1.29 is 28.7 Å². The maximum absolute atomic E-state index is 13.3. The Balaban J connectivity index is 1.07. The number of ether oxygens (including phenoxy) is 2. The first-order valence-electron chi connectivity index (χ1n) is 19.6. The van der Waals surface area contributed by atoms with Crippen molar-refractivity contribution in [1.82, 2.24) is 10.1 Å². The van der Waals surface area contributed by atoms with Crippen LogP contribution in [0.25, 0.3) is 0 Å². The van der Waals surface area contributed by atoms with Gasteiger partial charge in [0.2, 0.25) is 0 Å². The van der Waals surface area contributed by atoms with Crippen molar-refractivity contribution in [1.29, 1.82) is 0 Å². The first-order valence-corrected chi connectivity index (χ1v) is 19.6. The molecule has 6 rings (SSSR count). The number of benzene rings is 4. The molecule has 0 atom stereocenters. The molecular formula is C47H58N2O6. The van der Waals surface area contributed by atoms with E-state index in [1.165, 1.54) is 0 Å². The number of esters is 2. The molecule has 0 unspecified atom stereocenters. The standard InChI is InChI=1S/C47H58N2O6/c1-44(2)30-38(31-45(3,4)48(44)54-42(34-21-13-9-14-22-34)35-23-15-10-16-24-35)52-40(50)29-41(51)53-39-32-46(5,6)49(47(7,8)33-39)55-43(36-25-17-11-18-26-36)37-27-19-12-20-28-37/h9-28,38-39,42-43H,29-33H2,1-8H3. The van der Waals surface area contributed by atoms with Crippen LogP contribution in [-0.4, -0.2) is 56.4 Å². The molecule has 0 radical (unpaired) electrons. The van der Waals surface area contributed by atoms with Crippen LogP contribution in [0.15, 0.2) is 121 Å². The molecule has 2 saturated heterocycles. The number of carbonyl (C=O) groups excluding carboxylic acids is 2. The third-order valence-electron chi connectivity index (χ3n) is 10.8. The molecule has 4 aromatic rings. The second-order valence-electron chi connectivity index (χ2n) is 17.7. The average molecular weight is 747 g/mol. The van der Waals surface area contributed by atoms with Crippen LogP contribution in [-0.2, 0) is 28.7 Å². The molecule has 8 heteroatoms. The lowest BCUT2D eigenvalue weighted by molar-refractivity contribution is -0.310. The molecule has 2 aliphatic heterocycles. The number of carbonyl (C=O) groups is 2. The van der Waals surface area contributed by atoms with E-state index in [4.69, 9.17) is 19.1 Å². The number of hydrogen-bond donors (Lipinski definition) is 0. The van der Waals surface area contributed by atoms with Crippen molar-refractivity contribution >= 4 is 11.9 Å². The minimum Gasteiger partial charge on any atom is -0.462 e. The largest absolute Gasteiger partial charge is 0.462 e. The van der Waals surface area contributed by atoms with E-state index >= 15 is 0 Å². The van der Waals surface area contributed by atoms with E-state index in [1.807, 2.05) is 72.8 Å². The van der Waals surface area contributed by atoms with E-state index in [0.717, 1.165) is 22.3 Å². The van der Waals surface area contributed by atoms with Gasteiger partial charge in [0.15, 0.2) is 0 Å². The predicted octanol–water partition coefficient (Wildman–Crippen LogP) is 9.95. The van der Waals surface area contributed by atoms with Gasteiger partial charge in [-0.1, -0.05) is 121 Å². The molecular weight excluding hydrogens is 689 g/mol. The molecule has 0 spiro atoms. The Labute approximate surface area is 327 Å². The van der Waals surface area contributed by atoms with E-state index < -0.39 is 52.7 Å². The van der Waals surface area contributed by atoms with Crippen LogP contribution in [0.5, 0.6) is 0 Å². The Morgan fingerprint density at radius 1 is 0.473 bits per heavy atom. The zero-order valence-electron chi connectivity index (χ0n) is 33.7. The second kappa shape index (κ2) is 16.4. The molecule has 0 bridgehead atoms. The first kappa shape index (κ1) is 40.3. The fraction of sp³-hybridized carbons (Fsp3) is 0.447. The molecule has 0 N–H and O–H groups in total. The molecule has 0 aromatic heterocycles. The molecule has 4 aromatic carbocycles. The molecule has 8 nitrogen and oxygen atoms in total. The number of rotatable bonds is 12. The van der Waals surface area contributed by atoms with Gasteiger partial charge in [-0.05, 0) is 77.6 Å². The maximum Gasteiger partial charge on any atom is 0.317 e. The Morgan fingerprint density at radius 3 is 0.945 bits per heavy atom. The summed E-state index contributed by atoms with van der Waals surface area (Å²) in [6.45, 7) is 16.9. The van der Waals surface area contributed by atoms with Gasteiger partial charge in [-0.15, -0.1) is 0 Å². The minimum absolute atomic E-state index is 0.308. The van der Waals surface area contributed by atoms with Crippen molar-refractivity contribution in [2.75, 3.05) is 0 Å². The molecule has 2 aliphatic rings. The van der Waals surface area contributed by atoms with Gasteiger partial charge < -0.3 is 9.47 Å². The SMILES string of the molecule is CC1(C)CC(OC(=O)CC(=O)OC2CC(C)(C)N(OC(c3ccccc3)c3ccccc3)C(C)(C)C2)CC(C)(C)N1OC(c1ccccc1)c1ccccc1. The molecule has 55 heavy (non-hydrogen) atoms. The Hall–Kier alpha value is -4.34. The fourth-order valence-corrected chi connectivity index (χ4v) is 9.00. The smallest absolute Gasteiger partial charge is 0.317 e. The van der Waals surface area contributed by atoms with Crippen LogP contribution < -0.4 is 0 Å². The van der Waals surface area contributed by atoms with Gasteiger partial charge in [-0.25, -0.2) is 0 Å². The first-order chi connectivity index (χ1) is 26.0. The van der Waals surface area contributed by atoms with Gasteiger partial charge in [-0.2, -0.15) is 10.1 Å². The highest BCUT2D eigenvalue weighted by Gasteiger charge is 2.50. The van der Waals surface area contributed by atoms with Crippen LogP contribution >= 0.6 is 0 Å². The molecule has 292 valence electrons. The molecule has 2 fully saturated rings. The van der Waals surface area contributed by atoms with Crippen molar-refractivity contribution in [2.45, 2.75) is 134 Å². The zero-order chi connectivity index (χ0) is 39.4. The Kier molecular flexibility index (Phi) is 12.0. The summed E-state index contributed by atoms with van der Waals surface area (Å²) in [4.78, 5) is 40.5. The lowest BCUT2D eigenvalue weighted by Crippen LogP contribution is -2.62. The van der Waals surface area contributed by atoms with Gasteiger partial charge in [-0.3, -0.25) is 19.3 Å². The van der Waals surface area contributed by atoms with Gasteiger partial charge in [0.1, 0.15) is 30.8 Å². The van der Waals surface area contributed by atoms with Crippen LogP contribution in [0.1, 0.15) is 122 Å². The lowest BCUT2D eigenvalue weighted by Gasteiger charge is -2.54. The summed E-state index contributed by atoms with van der Waals surface area (Å²) >= 11 is 0. The molecule has 0 aliphatic carbocycles. The van der Waals surface area contributed by atoms with Crippen LogP contribution in [0.4, 0.5) is 0 Å². The maximum atomic E-state index is 13.3. The number of nitrogens with zero attached hydrogens (tertiary/aromatic N) is 2. The third kappa shape index (κ3) is 9.73. The Morgan fingerprint density at radius 2 is 0.709 bits per heavy atom. The third-order valence-corrected chi connectivity index (χ3v) is 10.8. The molecule has 2 heterocycles. The van der Waals surface area contributed by atoms with E-state index in [2.05, 4.69) is 114 Å². The highest BCUT2D eigenvalue weighted by molar-refractivity contribution is 5.91. The van der Waals surface area contributed by atoms with E-state index in [9.17, 15) is 9.59 Å². The summed E-state index contributed by atoms with van der Waals surface area (Å²) in [5.74, 6) is -1.15. The van der Waals surface area contributed by atoms with Gasteiger partial charge in [0.25, 0.3) is 0 Å². The summed E-state index contributed by atoms with van der Waals surface area (Å²) in [7, 11) is 0. The normalized spacial score (nSPS) is 20.0. The topological polar surface area (TPSA) is 77.5 Å². The fourth-order valence-electron chi connectivity index (χ4n) is 9.00. The van der Waals surface area contributed by atoms with Crippen molar-refractivity contribution in [2.24, 2.45) is 0 Å². The second-order valence-corrected chi connectivity index (χ2v) is 17.7. The average Bonchev–Trinajstić information content (AvgIpc) is 3.11. The number of piperidine rings is 2. The molecule has 0 amide bonds. The predicted molar refractivity (Wildman–Crippen MR) is 214 cm³/mol. The van der Waals surface area contributed by atoms with Crippen molar-refractivity contribution in [3.63, 3.8) is 0 Å².